The van der Waals surface area contributed by atoms with Gasteiger partial charge in [0.2, 0.25) is 0 Å². The molecule has 0 radical (unpaired) electrons. The van der Waals surface area contributed by atoms with E-state index in [-0.39, 0.29) is 17.0 Å². The molecule has 1 aliphatic heterocycles. The molecule has 236 valence electrons. The molecule has 0 bridgehead atoms. The van der Waals surface area contributed by atoms with E-state index in [4.69, 9.17) is 9.47 Å². The molecule has 2 aromatic carbocycles. The van der Waals surface area contributed by atoms with Crippen LogP contribution in [-0.2, 0) is 13.0 Å². The van der Waals surface area contributed by atoms with E-state index in [0.717, 1.165) is 49.3 Å². The standard InChI is InChI=1S/C36H54F2NO2.BrH/c1-4-6-8-10-12-13-14-15-17-19-34-30-21-23-35(40-3)36(41-26-18-16-11-9-7-5-2)31(30)24-25-39(34)28-29-20-22-32(37)33(38)27-29;/h20-23,27H,4-19,24-26,28H2,1-3H3;1H/q+1;/p-1. The topological polar surface area (TPSA) is 21.5 Å². The van der Waals surface area contributed by atoms with Crippen LogP contribution in [0.25, 0.3) is 0 Å². The largest absolute Gasteiger partial charge is 1.00 e. The van der Waals surface area contributed by atoms with Crippen LogP contribution in [0.4, 0.5) is 8.78 Å². The summed E-state index contributed by atoms with van der Waals surface area (Å²) in [5.74, 6) is 0.105. The van der Waals surface area contributed by atoms with Gasteiger partial charge in [-0.05, 0) is 43.2 Å². The van der Waals surface area contributed by atoms with Crippen LogP contribution in [0.1, 0.15) is 133 Å². The van der Waals surface area contributed by atoms with Gasteiger partial charge in [-0.25, -0.2) is 13.4 Å². The number of fused-ring (bicyclic) bond motifs is 1. The molecule has 0 saturated heterocycles. The van der Waals surface area contributed by atoms with Crippen molar-refractivity contribution in [1.82, 2.24) is 0 Å². The van der Waals surface area contributed by atoms with Crippen LogP contribution < -0.4 is 26.5 Å². The van der Waals surface area contributed by atoms with Crippen molar-refractivity contribution in [3.05, 3.63) is 58.7 Å². The van der Waals surface area contributed by atoms with E-state index in [0.29, 0.717) is 13.2 Å². The summed E-state index contributed by atoms with van der Waals surface area (Å²) >= 11 is 0. The number of methoxy groups -OCH3 is 1. The molecule has 0 atom stereocenters. The second-order valence-electron chi connectivity index (χ2n) is 11.7. The minimum Gasteiger partial charge on any atom is -1.00 e. The summed E-state index contributed by atoms with van der Waals surface area (Å²) in [7, 11) is 1.71. The highest BCUT2D eigenvalue weighted by molar-refractivity contribution is 5.99. The minimum atomic E-state index is -0.795. The van der Waals surface area contributed by atoms with Crippen molar-refractivity contribution in [3.8, 4) is 11.5 Å². The number of halogens is 3. The van der Waals surface area contributed by atoms with Gasteiger partial charge in [0, 0.05) is 29.5 Å². The number of hydrogen-bond acceptors (Lipinski definition) is 2. The smallest absolute Gasteiger partial charge is 0.184 e. The van der Waals surface area contributed by atoms with Gasteiger partial charge in [0.15, 0.2) is 35.4 Å². The van der Waals surface area contributed by atoms with Crippen molar-refractivity contribution >= 4 is 5.71 Å². The van der Waals surface area contributed by atoms with E-state index in [2.05, 4.69) is 24.5 Å². The highest BCUT2D eigenvalue weighted by atomic mass is 79.9. The summed E-state index contributed by atoms with van der Waals surface area (Å²) in [6.07, 6.45) is 20.8. The van der Waals surface area contributed by atoms with Crippen molar-refractivity contribution in [2.75, 3.05) is 20.3 Å². The molecule has 0 unspecified atom stereocenters. The Morgan fingerprint density at radius 1 is 0.738 bits per heavy atom. The first-order valence-electron chi connectivity index (χ1n) is 16.5. The Labute approximate surface area is 264 Å². The minimum absolute atomic E-state index is 0. The molecule has 3 rings (SSSR count). The third-order valence-electron chi connectivity index (χ3n) is 8.39. The third-order valence-corrected chi connectivity index (χ3v) is 8.39. The number of rotatable bonds is 21. The number of unbranched alkanes of at least 4 members (excludes halogenated alkanes) is 13. The zero-order chi connectivity index (χ0) is 29.3. The van der Waals surface area contributed by atoms with Crippen molar-refractivity contribution in [3.63, 3.8) is 0 Å². The average molecular weight is 651 g/mol. The zero-order valence-electron chi connectivity index (χ0n) is 26.4. The third kappa shape index (κ3) is 11.6. The van der Waals surface area contributed by atoms with Crippen LogP contribution in [0.2, 0.25) is 0 Å². The number of nitrogens with zero attached hydrogens (tertiary/aromatic N) is 1. The predicted molar refractivity (Wildman–Crippen MR) is 167 cm³/mol. The normalized spacial score (nSPS) is 12.7. The Balaban J connectivity index is 0.00000616. The van der Waals surface area contributed by atoms with Crippen LogP contribution in [0.5, 0.6) is 11.5 Å². The SMILES string of the molecule is CCCCCCCCCCCC1=[N+](Cc2ccc(F)c(F)c2)CCc2c1ccc(OC)c2OCCCCCCCC.[Br-]. The molecular weight excluding hydrogens is 596 g/mol. The van der Waals surface area contributed by atoms with Gasteiger partial charge in [0.1, 0.15) is 6.54 Å². The van der Waals surface area contributed by atoms with Gasteiger partial charge in [-0.1, -0.05) is 97.3 Å². The summed E-state index contributed by atoms with van der Waals surface area (Å²) in [5, 5.41) is 0. The molecule has 0 fully saturated rings. The van der Waals surface area contributed by atoms with Crippen molar-refractivity contribution in [1.29, 1.82) is 0 Å². The molecule has 0 N–H and O–H groups in total. The number of benzene rings is 2. The summed E-state index contributed by atoms with van der Waals surface area (Å²) in [5.41, 5.74) is 4.52. The lowest BCUT2D eigenvalue weighted by molar-refractivity contribution is -0.545. The van der Waals surface area contributed by atoms with E-state index in [9.17, 15) is 8.78 Å². The highest BCUT2D eigenvalue weighted by Crippen LogP contribution is 2.37. The summed E-state index contributed by atoms with van der Waals surface area (Å²) in [6.45, 7) is 6.60. The molecule has 0 aliphatic carbocycles. The Bertz CT molecular complexity index is 1090. The van der Waals surface area contributed by atoms with Crippen LogP contribution in [0.15, 0.2) is 30.3 Å². The van der Waals surface area contributed by atoms with Crippen molar-refractivity contribution in [2.24, 2.45) is 0 Å². The summed E-state index contributed by atoms with van der Waals surface area (Å²) in [6, 6.07) is 8.48. The molecular formula is C36H54BrF2NO2. The molecule has 2 aromatic rings. The second-order valence-corrected chi connectivity index (χ2v) is 11.7. The Kier molecular flexibility index (Phi) is 18.0. The molecule has 0 aromatic heterocycles. The Morgan fingerprint density at radius 3 is 1.98 bits per heavy atom. The first-order chi connectivity index (χ1) is 20.1. The lowest BCUT2D eigenvalue weighted by atomic mass is 9.91. The lowest BCUT2D eigenvalue weighted by Gasteiger charge is -2.23. The maximum absolute atomic E-state index is 14.0. The quantitative estimate of drug-likeness (QED) is 0.105. The molecule has 1 aliphatic rings. The highest BCUT2D eigenvalue weighted by Gasteiger charge is 2.30. The van der Waals surface area contributed by atoms with Crippen LogP contribution >= 0.6 is 0 Å². The van der Waals surface area contributed by atoms with Crippen molar-refractivity contribution in [2.45, 2.75) is 130 Å². The fourth-order valence-electron chi connectivity index (χ4n) is 5.98. The van der Waals surface area contributed by atoms with E-state index < -0.39 is 11.6 Å². The van der Waals surface area contributed by atoms with Gasteiger partial charge < -0.3 is 26.5 Å². The molecule has 3 nitrogen and oxygen atoms in total. The van der Waals surface area contributed by atoms with Gasteiger partial charge in [0.05, 0.1) is 13.7 Å². The number of ether oxygens (including phenoxy) is 2. The van der Waals surface area contributed by atoms with Crippen LogP contribution in [-0.4, -0.2) is 30.5 Å². The van der Waals surface area contributed by atoms with E-state index in [1.807, 2.05) is 6.07 Å². The van der Waals surface area contributed by atoms with E-state index in [1.54, 1.807) is 13.2 Å². The van der Waals surface area contributed by atoms with Gasteiger partial charge in [-0.2, -0.15) is 0 Å². The molecule has 0 amide bonds. The van der Waals surface area contributed by atoms with Crippen LogP contribution in [0, 0.1) is 11.6 Å². The second kappa shape index (κ2) is 20.9. The first kappa shape index (κ1) is 36.2. The Hall–Kier alpha value is -1.95. The maximum Gasteiger partial charge on any atom is 0.184 e. The molecule has 0 spiro atoms. The fraction of sp³-hybridized carbons (Fsp3) is 0.639. The van der Waals surface area contributed by atoms with Gasteiger partial charge in [-0.15, -0.1) is 0 Å². The molecule has 1 heterocycles. The lowest BCUT2D eigenvalue weighted by Crippen LogP contribution is -3.00. The van der Waals surface area contributed by atoms with Gasteiger partial charge in [0.25, 0.3) is 0 Å². The van der Waals surface area contributed by atoms with Crippen molar-refractivity contribution < 1.29 is 39.8 Å². The molecule has 42 heavy (non-hydrogen) atoms. The average Bonchev–Trinajstić information content (AvgIpc) is 2.98. The van der Waals surface area contributed by atoms with E-state index >= 15 is 0 Å². The monoisotopic (exact) mass is 649 g/mol. The maximum atomic E-state index is 14.0. The van der Waals surface area contributed by atoms with Gasteiger partial charge in [-0.3, -0.25) is 0 Å². The Morgan fingerprint density at radius 2 is 1.36 bits per heavy atom. The zero-order valence-corrected chi connectivity index (χ0v) is 28.0. The predicted octanol–water partition coefficient (Wildman–Crippen LogP) is 7.20. The summed E-state index contributed by atoms with van der Waals surface area (Å²) < 4.78 is 42.2. The molecule has 0 saturated carbocycles. The van der Waals surface area contributed by atoms with E-state index in [1.165, 1.54) is 112 Å². The van der Waals surface area contributed by atoms with Gasteiger partial charge >= 0.3 is 0 Å². The molecule has 6 heteroatoms. The number of hydrogen-bond donors (Lipinski definition) is 0. The summed E-state index contributed by atoms with van der Waals surface area (Å²) in [4.78, 5) is 0. The first-order valence-corrected chi connectivity index (χ1v) is 16.5. The van der Waals surface area contributed by atoms with Crippen LogP contribution in [0.3, 0.4) is 0 Å². The fourth-order valence-corrected chi connectivity index (χ4v) is 5.98.